The van der Waals surface area contributed by atoms with Crippen molar-refractivity contribution in [2.75, 3.05) is 16.8 Å². The summed E-state index contributed by atoms with van der Waals surface area (Å²) in [5, 5.41) is 11.6. The molecule has 1 atom stereocenters. The first-order valence-corrected chi connectivity index (χ1v) is 10.2. The zero-order valence-electron chi connectivity index (χ0n) is 16.4. The van der Waals surface area contributed by atoms with Crippen LogP contribution in [0, 0.1) is 6.92 Å². The molecule has 9 heteroatoms. The number of hydrogen-bond acceptors (Lipinski definition) is 6. The third kappa shape index (κ3) is 3.53. The monoisotopic (exact) mass is 411 g/mol. The molecule has 0 saturated carbocycles. The van der Waals surface area contributed by atoms with Gasteiger partial charge in [0.2, 0.25) is 11.8 Å². The average Bonchev–Trinajstić information content (AvgIpc) is 3.31. The molecule has 1 aromatic carbocycles. The van der Waals surface area contributed by atoms with Gasteiger partial charge in [-0.3, -0.25) is 14.5 Å². The predicted octanol–water partition coefficient (Wildman–Crippen LogP) is 3.33. The Morgan fingerprint density at radius 3 is 2.83 bits per heavy atom. The number of rotatable bonds is 5. The third-order valence-electron chi connectivity index (χ3n) is 4.80. The summed E-state index contributed by atoms with van der Waals surface area (Å²) in [5.74, 6) is 1.12. The van der Waals surface area contributed by atoms with Gasteiger partial charge in [-0.05, 0) is 39.0 Å². The van der Waals surface area contributed by atoms with Crippen LogP contribution in [0.15, 0.2) is 46.2 Å². The van der Waals surface area contributed by atoms with Crippen LogP contribution in [0.5, 0.6) is 0 Å². The Hall–Kier alpha value is -3.07. The molecule has 1 aliphatic rings. The van der Waals surface area contributed by atoms with E-state index in [1.165, 1.54) is 16.7 Å². The summed E-state index contributed by atoms with van der Waals surface area (Å²) in [6.07, 6.45) is 1.62. The predicted molar refractivity (Wildman–Crippen MR) is 111 cm³/mol. The highest BCUT2D eigenvalue weighted by atomic mass is 32.2. The molecular formula is C20H21N5O3S. The number of nitrogens with one attached hydrogen (secondary N) is 1. The number of benzene rings is 1. The topological polar surface area (TPSA) is 93.3 Å². The minimum atomic E-state index is -0.443. The molecule has 3 heterocycles. The molecule has 8 nitrogen and oxygen atoms in total. The van der Waals surface area contributed by atoms with Gasteiger partial charge in [-0.1, -0.05) is 23.9 Å². The van der Waals surface area contributed by atoms with Gasteiger partial charge in [0, 0.05) is 6.54 Å². The third-order valence-corrected chi connectivity index (χ3v) is 5.87. The largest absolute Gasteiger partial charge is 0.469 e. The van der Waals surface area contributed by atoms with Crippen LogP contribution in [0.25, 0.3) is 11.4 Å². The molecule has 29 heavy (non-hydrogen) atoms. The smallest absolute Gasteiger partial charge is 0.244 e. The van der Waals surface area contributed by atoms with Crippen molar-refractivity contribution < 1.29 is 14.0 Å². The molecule has 0 unspecified atom stereocenters. The first kappa shape index (κ1) is 19.3. The maximum absolute atomic E-state index is 13.2. The molecule has 0 radical (unpaired) electrons. The summed E-state index contributed by atoms with van der Waals surface area (Å²) >= 11 is 1.33. The normalized spacial score (nSPS) is 14.4. The number of carbonyl (C=O) groups excluding carboxylic acids is 2. The van der Waals surface area contributed by atoms with E-state index in [4.69, 9.17) is 4.42 Å². The number of hydrogen-bond donors (Lipinski definition) is 1. The zero-order valence-corrected chi connectivity index (χ0v) is 17.2. The number of nitrogens with zero attached hydrogens (tertiary/aromatic N) is 4. The van der Waals surface area contributed by atoms with Crippen LogP contribution in [-0.4, -0.2) is 38.4 Å². The summed E-state index contributed by atoms with van der Waals surface area (Å²) in [6, 6.07) is 9.16. The van der Waals surface area contributed by atoms with Crippen LogP contribution in [-0.2, 0) is 16.1 Å². The molecule has 2 amide bonds. The second kappa shape index (κ2) is 7.75. The summed E-state index contributed by atoms with van der Waals surface area (Å²) in [5.41, 5.74) is 2.23. The number of para-hydroxylation sites is 2. The van der Waals surface area contributed by atoms with Crippen LogP contribution in [0.1, 0.15) is 19.6 Å². The van der Waals surface area contributed by atoms with Crippen molar-refractivity contribution in [2.24, 2.45) is 0 Å². The molecule has 1 N–H and O–H groups in total. The van der Waals surface area contributed by atoms with Gasteiger partial charge in [-0.25, -0.2) is 0 Å². The fraction of sp³-hybridized carbons (Fsp3) is 0.300. The fourth-order valence-corrected chi connectivity index (χ4v) is 4.31. The molecule has 0 fully saturated rings. The Bertz CT molecular complexity index is 1070. The van der Waals surface area contributed by atoms with Crippen molar-refractivity contribution in [1.29, 1.82) is 0 Å². The maximum atomic E-state index is 13.2. The average molecular weight is 411 g/mol. The van der Waals surface area contributed by atoms with Gasteiger partial charge in [0.25, 0.3) is 0 Å². The van der Waals surface area contributed by atoms with E-state index in [0.29, 0.717) is 28.9 Å². The van der Waals surface area contributed by atoms with E-state index in [9.17, 15) is 9.59 Å². The van der Waals surface area contributed by atoms with Gasteiger partial charge in [0.1, 0.15) is 12.3 Å². The van der Waals surface area contributed by atoms with Crippen molar-refractivity contribution in [3.05, 3.63) is 42.4 Å². The second-order valence-electron chi connectivity index (χ2n) is 6.69. The standard InChI is InChI=1S/C20H21N5O3S/c1-4-24-18(14-9-10-28-12(14)2)22-23-20(24)29-13(3)19(27)25-11-17(26)21-15-7-5-6-8-16(15)25/h5-10,13H,4,11H2,1-3H3,(H,21,26)/t13-/m1/s1. The highest BCUT2D eigenvalue weighted by molar-refractivity contribution is 8.00. The molecule has 4 rings (SSSR count). The van der Waals surface area contributed by atoms with Gasteiger partial charge in [-0.2, -0.15) is 0 Å². The molecule has 1 aliphatic heterocycles. The van der Waals surface area contributed by atoms with E-state index in [1.54, 1.807) is 12.3 Å². The van der Waals surface area contributed by atoms with E-state index in [2.05, 4.69) is 15.5 Å². The van der Waals surface area contributed by atoms with Gasteiger partial charge < -0.3 is 14.3 Å². The first-order valence-electron chi connectivity index (χ1n) is 9.34. The van der Waals surface area contributed by atoms with Gasteiger partial charge in [0.15, 0.2) is 11.0 Å². The summed E-state index contributed by atoms with van der Waals surface area (Å²) < 4.78 is 7.34. The molecule has 2 aromatic heterocycles. The minimum absolute atomic E-state index is 0.000674. The van der Waals surface area contributed by atoms with E-state index in [-0.39, 0.29) is 18.4 Å². The first-order chi connectivity index (χ1) is 14.0. The summed E-state index contributed by atoms with van der Waals surface area (Å²) in [6.45, 7) is 6.36. The lowest BCUT2D eigenvalue weighted by atomic mass is 10.2. The Kier molecular flexibility index (Phi) is 5.14. The maximum Gasteiger partial charge on any atom is 0.244 e. The van der Waals surface area contributed by atoms with Crippen LogP contribution in [0.2, 0.25) is 0 Å². The highest BCUT2D eigenvalue weighted by Crippen LogP contribution is 2.33. The Balaban J connectivity index is 1.58. The number of furan rings is 1. The van der Waals surface area contributed by atoms with E-state index in [1.807, 2.05) is 49.6 Å². The minimum Gasteiger partial charge on any atom is -0.469 e. The Labute approximate surface area is 172 Å². The number of amides is 2. The van der Waals surface area contributed by atoms with E-state index >= 15 is 0 Å². The quantitative estimate of drug-likeness (QED) is 0.648. The molecule has 0 spiro atoms. The van der Waals surface area contributed by atoms with Crippen LogP contribution >= 0.6 is 11.8 Å². The Morgan fingerprint density at radius 1 is 1.31 bits per heavy atom. The second-order valence-corrected chi connectivity index (χ2v) is 8.00. The lowest BCUT2D eigenvalue weighted by Gasteiger charge is -2.30. The van der Waals surface area contributed by atoms with Crippen LogP contribution in [0.4, 0.5) is 11.4 Å². The molecule has 0 saturated heterocycles. The zero-order chi connectivity index (χ0) is 20.5. The SMILES string of the molecule is CCn1c(S[C@H](C)C(=O)N2CC(=O)Nc3ccccc32)nnc1-c1ccoc1C. The number of carbonyl (C=O) groups is 2. The molecule has 150 valence electrons. The number of fused-ring (bicyclic) bond motifs is 1. The van der Waals surface area contributed by atoms with E-state index in [0.717, 1.165) is 11.3 Å². The fourth-order valence-electron chi connectivity index (χ4n) is 3.33. The van der Waals surface area contributed by atoms with Crippen LogP contribution < -0.4 is 10.2 Å². The Morgan fingerprint density at radius 2 is 2.10 bits per heavy atom. The number of aromatic nitrogens is 3. The number of thioether (sulfide) groups is 1. The van der Waals surface area contributed by atoms with Gasteiger partial charge in [0.05, 0.1) is 28.5 Å². The van der Waals surface area contributed by atoms with Crippen molar-refractivity contribution in [3.63, 3.8) is 0 Å². The van der Waals surface area contributed by atoms with Crippen molar-refractivity contribution in [1.82, 2.24) is 14.8 Å². The molecule has 0 aliphatic carbocycles. The van der Waals surface area contributed by atoms with E-state index < -0.39 is 5.25 Å². The summed E-state index contributed by atoms with van der Waals surface area (Å²) in [7, 11) is 0. The molecule has 0 bridgehead atoms. The van der Waals surface area contributed by atoms with Crippen molar-refractivity contribution in [2.45, 2.75) is 37.7 Å². The van der Waals surface area contributed by atoms with Gasteiger partial charge in [-0.15, -0.1) is 10.2 Å². The van der Waals surface area contributed by atoms with Crippen molar-refractivity contribution in [3.8, 4) is 11.4 Å². The van der Waals surface area contributed by atoms with Crippen LogP contribution in [0.3, 0.4) is 0 Å². The van der Waals surface area contributed by atoms with Gasteiger partial charge >= 0.3 is 0 Å². The lowest BCUT2D eigenvalue weighted by molar-refractivity contribution is -0.121. The molecule has 3 aromatic rings. The number of anilines is 2. The van der Waals surface area contributed by atoms with Crippen molar-refractivity contribution >= 4 is 35.0 Å². The molecular weight excluding hydrogens is 390 g/mol. The highest BCUT2D eigenvalue weighted by Gasteiger charge is 2.31. The lowest BCUT2D eigenvalue weighted by Crippen LogP contribution is -2.45. The number of aryl methyl sites for hydroxylation is 1. The summed E-state index contributed by atoms with van der Waals surface area (Å²) in [4.78, 5) is 26.7.